The van der Waals surface area contributed by atoms with Crippen molar-refractivity contribution < 1.29 is 0 Å². The van der Waals surface area contributed by atoms with Crippen molar-refractivity contribution in [2.45, 2.75) is 27.7 Å². The molecule has 4 nitrogen and oxygen atoms in total. The number of aromatic nitrogens is 3. The van der Waals surface area contributed by atoms with Gasteiger partial charge in [0.15, 0.2) is 0 Å². The van der Waals surface area contributed by atoms with E-state index in [0.717, 1.165) is 55.7 Å². The number of nitrogens with zero attached hydrogens (tertiary/aromatic N) is 4. The number of hydrogen-bond acceptors (Lipinski definition) is 2. The van der Waals surface area contributed by atoms with Gasteiger partial charge in [-0.05, 0) is 162 Å². The van der Waals surface area contributed by atoms with Crippen LogP contribution in [0.25, 0.3) is 122 Å². The third-order valence-corrected chi connectivity index (χ3v) is 14.8. The minimum atomic E-state index is 0.618. The van der Waals surface area contributed by atoms with Gasteiger partial charge in [0.05, 0.1) is 45.1 Å². The second-order valence-electron chi connectivity index (χ2n) is 19.9. The first-order chi connectivity index (χ1) is 36.2. The minimum Gasteiger partial charge on any atom is -0.309 e. The predicted octanol–water partition coefficient (Wildman–Crippen LogP) is 18.4. The molecule has 0 aliphatic heterocycles. The topological polar surface area (TPSA) is 46.5 Å². The van der Waals surface area contributed by atoms with E-state index >= 15 is 0 Å². The molecule has 0 aliphatic rings. The highest BCUT2D eigenvalue weighted by Crippen LogP contribution is 2.44. The van der Waals surface area contributed by atoms with Crippen molar-refractivity contribution in [1.29, 1.82) is 5.26 Å². The second-order valence-corrected chi connectivity index (χ2v) is 19.9. The van der Waals surface area contributed by atoms with Crippen LogP contribution in [0.4, 0.5) is 0 Å². The Kier molecular flexibility index (Phi) is 10.8. The van der Waals surface area contributed by atoms with Crippen molar-refractivity contribution in [1.82, 2.24) is 14.1 Å². The first kappa shape index (κ1) is 44.4. The van der Waals surface area contributed by atoms with Crippen molar-refractivity contribution in [3.63, 3.8) is 0 Å². The summed E-state index contributed by atoms with van der Waals surface area (Å²) in [6.07, 6.45) is 3.91. The highest BCUT2D eigenvalue weighted by atomic mass is 15.0. The third kappa shape index (κ3) is 7.75. The Balaban J connectivity index is 1.04. The van der Waals surface area contributed by atoms with E-state index < -0.39 is 0 Å². The SMILES string of the molecule is Cc1cccc(-c2ccc3c(c2)c2cc(-c4cccc(C)c4)ccc2n3-c2ccncc2-c2ccc(-n3c4ccc(-c5cccc(C)c5)cc4c4cc(-c5cccc(C)c5)ccc43)c(-c3ccc(C#N)cc3)c2)c1. The Hall–Kier alpha value is -9.56. The van der Waals surface area contributed by atoms with Crippen molar-refractivity contribution in [2.24, 2.45) is 0 Å². The Bertz CT molecular complexity index is 4220. The molecule has 74 heavy (non-hydrogen) atoms. The summed E-state index contributed by atoms with van der Waals surface area (Å²) in [5.41, 5.74) is 25.7. The smallest absolute Gasteiger partial charge is 0.0991 e. The number of pyridine rings is 1. The standard InChI is InChI=1S/C70H50N4/c1-44-9-5-13-50(33-44)54-21-26-66-60(37-54)61-38-55(51-14-6-10-45(2)34-51)22-27-67(61)73(66)65-30-25-58(41-59(65)49-19-17-48(42-71)18-20-49)64-43-72-32-31-70(64)74-68-28-23-56(52-15-7-11-46(3)35-52)39-62(68)63-40-57(24-29-69(63)74)53-16-8-12-47(4)36-53/h5-41,43H,1-4H3. The number of fused-ring (bicyclic) bond motifs is 6. The van der Waals surface area contributed by atoms with Crippen molar-refractivity contribution in [2.75, 3.05) is 0 Å². The van der Waals surface area contributed by atoms with Crippen molar-refractivity contribution in [3.8, 4) is 84.2 Å². The quantitative estimate of drug-likeness (QED) is 0.152. The molecule has 4 heteroatoms. The van der Waals surface area contributed by atoms with Gasteiger partial charge in [0.25, 0.3) is 0 Å². The van der Waals surface area contributed by atoms with Crippen LogP contribution in [0.3, 0.4) is 0 Å². The molecule has 0 amide bonds. The van der Waals surface area contributed by atoms with Crippen LogP contribution in [0.1, 0.15) is 27.8 Å². The molecule has 3 heterocycles. The maximum absolute atomic E-state index is 9.95. The van der Waals surface area contributed by atoms with Gasteiger partial charge < -0.3 is 9.13 Å². The van der Waals surface area contributed by atoms with Gasteiger partial charge in [-0.15, -0.1) is 0 Å². The summed E-state index contributed by atoms with van der Waals surface area (Å²) in [6, 6.07) is 81.9. The van der Waals surface area contributed by atoms with E-state index in [1.165, 1.54) is 88.3 Å². The minimum absolute atomic E-state index is 0.618. The summed E-state index contributed by atoms with van der Waals surface area (Å²) < 4.78 is 4.85. The summed E-state index contributed by atoms with van der Waals surface area (Å²) in [4.78, 5) is 4.82. The molecule has 10 aromatic carbocycles. The molecule has 0 atom stereocenters. The normalized spacial score (nSPS) is 11.5. The predicted molar refractivity (Wildman–Crippen MR) is 309 cm³/mol. The van der Waals surface area contributed by atoms with Gasteiger partial charge in [-0.3, -0.25) is 4.98 Å². The molecule has 13 rings (SSSR count). The largest absolute Gasteiger partial charge is 0.309 e. The molecule has 3 aromatic heterocycles. The molecule has 0 fully saturated rings. The van der Waals surface area contributed by atoms with E-state index in [2.05, 4.69) is 249 Å². The van der Waals surface area contributed by atoms with Crippen LogP contribution >= 0.6 is 0 Å². The molecule has 0 spiro atoms. The maximum Gasteiger partial charge on any atom is 0.0991 e. The summed E-state index contributed by atoms with van der Waals surface area (Å²) >= 11 is 0. The van der Waals surface area contributed by atoms with Crippen LogP contribution in [0.5, 0.6) is 0 Å². The lowest BCUT2D eigenvalue weighted by molar-refractivity contribution is 1.15. The first-order valence-corrected chi connectivity index (χ1v) is 25.3. The lowest BCUT2D eigenvalue weighted by Gasteiger charge is -2.18. The molecule has 0 unspecified atom stereocenters. The Morgan fingerprint density at radius 1 is 0.324 bits per heavy atom. The molecule has 13 aromatic rings. The monoisotopic (exact) mass is 946 g/mol. The number of nitriles is 1. The molecular weight excluding hydrogens is 897 g/mol. The zero-order valence-electron chi connectivity index (χ0n) is 41.7. The average molecular weight is 947 g/mol. The van der Waals surface area contributed by atoms with E-state index in [-0.39, 0.29) is 0 Å². The fourth-order valence-electron chi connectivity index (χ4n) is 11.2. The van der Waals surface area contributed by atoms with Crippen LogP contribution in [0.2, 0.25) is 0 Å². The summed E-state index contributed by atoms with van der Waals surface area (Å²) in [7, 11) is 0. The van der Waals surface area contributed by atoms with E-state index in [9.17, 15) is 5.26 Å². The molecule has 0 radical (unpaired) electrons. The second kappa shape index (κ2) is 17.9. The van der Waals surface area contributed by atoms with Crippen LogP contribution in [0, 0.1) is 39.0 Å². The van der Waals surface area contributed by atoms with Crippen LogP contribution in [-0.2, 0) is 0 Å². The zero-order valence-corrected chi connectivity index (χ0v) is 41.7. The van der Waals surface area contributed by atoms with Gasteiger partial charge >= 0.3 is 0 Å². The molecule has 0 aliphatic carbocycles. The van der Waals surface area contributed by atoms with Gasteiger partial charge in [-0.25, -0.2) is 0 Å². The molecule has 350 valence electrons. The van der Waals surface area contributed by atoms with E-state index in [1.807, 2.05) is 24.5 Å². The Morgan fingerprint density at radius 3 is 1.05 bits per heavy atom. The Morgan fingerprint density at radius 2 is 0.676 bits per heavy atom. The first-order valence-electron chi connectivity index (χ1n) is 25.3. The number of hydrogen-bond donors (Lipinski definition) is 0. The fourth-order valence-corrected chi connectivity index (χ4v) is 11.2. The fraction of sp³-hybridized carbons (Fsp3) is 0.0571. The molecule has 0 N–H and O–H groups in total. The lowest BCUT2D eigenvalue weighted by atomic mass is 9.96. The van der Waals surface area contributed by atoms with Crippen molar-refractivity contribution in [3.05, 3.63) is 259 Å². The molecular formula is C70H50N4. The molecule has 0 saturated carbocycles. The van der Waals surface area contributed by atoms with Crippen LogP contribution < -0.4 is 0 Å². The summed E-state index contributed by atoms with van der Waals surface area (Å²) in [6.45, 7) is 8.61. The zero-order chi connectivity index (χ0) is 50.0. The van der Waals surface area contributed by atoms with Gasteiger partial charge in [0.2, 0.25) is 0 Å². The maximum atomic E-state index is 9.95. The van der Waals surface area contributed by atoms with Gasteiger partial charge in [0.1, 0.15) is 0 Å². The lowest BCUT2D eigenvalue weighted by Crippen LogP contribution is -2.00. The van der Waals surface area contributed by atoms with Crippen LogP contribution in [-0.4, -0.2) is 14.1 Å². The van der Waals surface area contributed by atoms with Gasteiger partial charge in [-0.2, -0.15) is 5.26 Å². The number of rotatable bonds is 8. The number of aryl methyl sites for hydroxylation is 4. The highest BCUT2D eigenvalue weighted by molar-refractivity contribution is 6.14. The molecule has 0 saturated heterocycles. The van der Waals surface area contributed by atoms with Gasteiger partial charge in [0, 0.05) is 45.1 Å². The number of benzene rings is 10. The van der Waals surface area contributed by atoms with E-state index in [0.29, 0.717) is 5.56 Å². The Labute approximate surface area is 431 Å². The third-order valence-electron chi connectivity index (χ3n) is 14.8. The average Bonchev–Trinajstić information content (AvgIpc) is 3.94. The van der Waals surface area contributed by atoms with Crippen LogP contribution in [0.15, 0.2) is 231 Å². The van der Waals surface area contributed by atoms with E-state index in [4.69, 9.17) is 4.98 Å². The van der Waals surface area contributed by atoms with E-state index in [1.54, 1.807) is 0 Å². The molecule has 0 bridgehead atoms. The highest BCUT2D eigenvalue weighted by Gasteiger charge is 2.22. The summed E-state index contributed by atoms with van der Waals surface area (Å²) in [5, 5.41) is 14.7. The summed E-state index contributed by atoms with van der Waals surface area (Å²) in [5.74, 6) is 0. The van der Waals surface area contributed by atoms with Crippen molar-refractivity contribution >= 4 is 43.6 Å². The van der Waals surface area contributed by atoms with Gasteiger partial charge in [-0.1, -0.05) is 162 Å².